The van der Waals surface area contributed by atoms with E-state index in [9.17, 15) is 0 Å². The van der Waals surface area contributed by atoms with Crippen LogP contribution in [0.15, 0.2) is 107 Å². The topological polar surface area (TPSA) is 36.8 Å². The average Bonchev–Trinajstić information content (AvgIpc) is 2.87. The van der Waals surface area contributed by atoms with Gasteiger partial charge in [0.25, 0.3) is 0 Å². The van der Waals surface area contributed by atoms with E-state index in [1.54, 1.807) is 0 Å². The molecule has 0 radical (unpaired) electrons. The monoisotopic (exact) mass is 459 g/mol. The summed E-state index contributed by atoms with van der Waals surface area (Å²) < 4.78 is 0. The molecule has 0 heterocycles. The van der Waals surface area contributed by atoms with Crippen molar-refractivity contribution in [1.82, 2.24) is 5.32 Å². The lowest BCUT2D eigenvalue weighted by Gasteiger charge is -2.14. The maximum Gasteiger partial charge on any atom is 0.0692 e. The molecular weight excluding hydrogens is 426 g/mol. The van der Waals surface area contributed by atoms with Crippen LogP contribution in [0.4, 0.5) is 11.4 Å². The van der Waals surface area contributed by atoms with Crippen molar-refractivity contribution in [2.24, 2.45) is 9.98 Å². The summed E-state index contributed by atoms with van der Waals surface area (Å²) in [5.41, 5.74) is 11.1. The van der Waals surface area contributed by atoms with E-state index in [-0.39, 0.29) is 0 Å². The lowest BCUT2D eigenvalue weighted by Crippen LogP contribution is -2.29. The molecule has 35 heavy (non-hydrogen) atoms. The minimum Gasteiger partial charge on any atom is -0.305 e. The van der Waals surface area contributed by atoms with Gasteiger partial charge in [-0.2, -0.15) is 0 Å². The van der Waals surface area contributed by atoms with Crippen LogP contribution in [0.25, 0.3) is 0 Å². The first-order valence-electron chi connectivity index (χ1n) is 12.1. The van der Waals surface area contributed by atoms with Gasteiger partial charge in [0.2, 0.25) is 0 Å². The fourth-order valence-electron chi connectivity index (χ4n) is 4.21. The molecule has 4 rings (SSSR count). The molecule has 4 aromatic carbocycles. The highest BCUT2D eigenvalue weighted by atomic mass is 14.9. The number of hydrogen-bond donors (Lipinski definition) is 1. The van der Waals surface area contributed by atoms with Crippen molar-refractivity contribution >= 4 is 22.8 Å². The number of para-hydroxylation sites is 2. The summed E-state index contributed by atoms with van der Waals surface area (Å²) in [7, 11) is 0. The summed E-state index contributed by atoms with van der Waals surface area (Å²) in [6.07, 6.45) is 0. The molecule has 3 nitrogen and oxygen atoms in total. The fourth-order valence-corrected chi connectivity index (χ4v) is 4.21. The predicted octanol–water partition coefficient (Wildman–Crippen LogP) is 7.45. The van der Waals surface area contributed by atoms with Crippen LogP contribution in [0.1, 0.15) is 33.4 Å². The van der Waals surface area contributed by atoms with Gasteiger partial charge in [-0.25, -0.2) is 0 Å². The van der Waals surface area contributed by atoms with E-state index in [1.807, 2.05) is 12.1 Å². The Labute approximate surface area is 209 Å². The smallest absolute Gasteiger partial charge is 0.0692 e. The van der Waals surface area contributed by atoms with Gasteiger partial charge in [0.05, 0.1) is 22.8 Å². The molecule has 3 heteroatoms. The minimum absolute atomic E-state index is 0.635. The number of rotatable bonds is 8. The van der Waals surface area contributed by atoms with E-state index >= 15 is 0 Å². The van der Waals surface area contributed by atoms with Crippen molar-refractivity contribution in [2.45, 2.75) is 27.7 Å². The summed E-state index contributed by atoms with van der Waals surface area (Å²) in [5, 5.41) is 3.64. The lowest BCUT2D eigenvalue weighted by atomic mass is 10.1. The van der Waals surface area contributed by atoms with Crippen LogP contribution >= 0.6 is 0 Å². The van der Waals surface area contributed by atoms with Crippen LogP contribution in [-0.4, -0.2) is 24.5 Å². The molecule has 0 aliphatic rings. The summed E-state index contributed by atoms with van der Waals surface area (Å²) >= 11 is 0. The number of nitrogens with one attached hydrogen (secondary N) is 1. The van der Waals surface area contributed by atoms with E-state index in [2.05, 4.69) is 118 Å². The maximum atomic E-state index is 5.12. The van der Waals surface area contributed by atoms with Gasteiger partial charge < -0.3 is 5.32 Å². The first-order chi connectivity index (χ1) is 17.0. The second kappa shape index (κ2) is 11.5. The number of aryl methyl sites for hydroxylation is 4. The van der Waals surface area contributed by atoms with Gasteiger partial charge in [0.15, 0.2) is 0 Å². The van der Waals surface area contributed by atoms with Crippen molar-refractivity contribution in [3.05, 3.63) is 130 Å². The van der Waals surface area contributed by atoms with Crippen molar-refractivity contribution < 1.29 is 0 Å². The van der Waals surface area contributed by atoms with Crippen molar-refractivity contribution in [2.75, 3.05) is 13.1 Å². The highest BCUT2D eigenvalue weighted by molar-refractivity contribution is 6.06. The molecule has 4 aromatic rings. The molecule has 176 valence electrons. The molecule has 0 aliphatic carbocycles. The predicted molar refractivity (Wildman–Crippen MR) is 150 cm³/mol. The van der Waals surface area contributed by atoms with Gasteiger partial charge in [-0.15, -0.1) is 0 Å². The van der Waals surface area contributed by atoms with E-state index in [4.69, 9.17) is 9.98 Å². The Morgan fingerprint density at radius 3 is 1.17 bits per heavy atom. The Bertz CT molecular complexity index is 1190. The Balaban J connectivity index is 1.65. The van der Waals surface area contributed by atoms with Crippen molar-refractivity contribution in [1.29, 1.82) is 0 Å². The number of aliphatic imine (C=N–C) groups is 2. The first-order valence-corrected chi connectivity index (χ1v) is 12.1. The number of benzene rings is 4. The van der Waals surface area contributed by atoms with Gasteiger partial charge in [-0.1, -0.05) is 97.1 Å². The minimum atomic E-state index is 0.635. The lowest BCUT2D eigenvalue weighted by molar-refractivity contribution is 0.886. The second-order valence-electron chi connectivity index (χ2n) is 8.93. The summed E-state index contributed by atoms with van der Waals surface area (Å²) in [6.45, 7) is 9.74. The molecule has 0 aliphatic heterocycles. The van der Waals surface area contributed by atoms with Crippen LogP contribution in [0, 0.1) is 27.7 Å². The zero-order chi connectivity index (χ0) is 24.6. The zero-order valence-corrected chi connectivity index (χ0v) is 21.0. The Kier molecular flexibility index (Phi) is 8.02. The summed E-state index contributed by atoms with van der Waals surface area (Å²) in [6, 6.07) is 33.5. The molecule has 0 atom stereocenters. The van der Waals surface area contributed by atoms with Gasteiger partial charge >= 0.3 is 0 Å². The number of nitrogens with zero attached hydrogens (tertiary/aromatic N) is 2. The van der Waals surface area contributed by atoms with E-state index in [0.717, 1.165) is 33.9 Å². The average molecular weight is 460 g/mol. The first kappa shape index (κ1) is 24.3. The largest absolute Gasteiger partial charge is 0.305 e. The summed E-state index contributed by atoms with van der Waals surface area (Å²) in [4.78, 5) is 10.2. The standard InChI is InChI=1S/C32H33N3/c1-23-13-11-14-24(2)31(23)34-29(27-17-7-5-8-18-27)21-33-22-30(28-19-9-6-10-20-28)35-32-25(3)15-12-16-26(32)4/h5-20,33H,21-22H2,1-4H3. The normalized spacial score (nSPS) is 12.1. The highest BCUT2D eigenvalue weighted by Crippen LogP contribution is 2.25. The van der Waals surface area contributed by atoms with E-state index in [0.29, 0.717) is 13.1 Å². The molecule has 0 aromatic heterocycles. The van der Waals surface area contributed by atoms with Gasteiger partial charge in [0.1, 0.15) is 0 Å². The fraction of sp³-hybridized carbons (Fsp3) is 0.188. The molecule has 0 unspecified atom stereocenters. The van der Waals surface area contributed by atoms with E-state index in [1.165, 1.54) is 22.3 Å². The van der Waals surface area contributed by atoms with E-state index < -0.39 is 0 Å². The molecule has 0 bridgehead atoms. The van der Waals surface area contributed by atoms with Gasteiger partial charge in [-0.05, 0) is 61.1 Å². The van der Waals surface area contributed by atoms with Gasteiger partial charge in [0, 0.05) is 13.1 Å². The molecule has 0 fully saturated rings. The van der Waals surface area contributed by atoms with Crippen LogP contribution in [0.5, 0.6) is 0 Å². The Hall–Kier alpha value is -3.82. The quantitative estimate of drug-likeness (QED) is 0.273. The van der Waals surface area contributed by atoms with Crippen LogP contribution in [0.2, 0.25) is 0 Å². The molecule has 0 saturated carbocycles. The Morgan fingerprint density at radius 1 is 0.486 bits per heavy atom. The van der Waals surface area contributed by atoms with Crippen LogP contribution < -0.4 is 5.32 Å². The third-order valence-electron chi connectivity index (χ3n) is 6.17. The van der Waals surface area contributed by atoms with Gasteiger partial charge in [-0.3, -0.25) is 9.98 Å². The molecule has 0 amide bonds. The Morgan fingerprint density at radius 2 is 0.829 bits per heavy atom. The van der Waals surface area contributed by atoms with Crippen LogP contribution in [0.3, 0.4) is 0 Å². The SMILES string of the molecule is Cc1cccc(C)c1N=C(CNCC(=Nc1c(C)cccc1C)c1ccccc1)c1ccccc1. The molecule has 0 saturated heterocycles. The molecule has 1 N–H and O–H groups in total. The summed E-state index contributed by atoms with van der Waals surface area (Å²) in [5.74, 6) is 0. The van der Waals surface area contributed by atoms with Crippen LogP contribution in [-0.2, 0) is 0 Å². The molecular formula is C32H33N3. The van der Waals surface area contributed by atoms with Crippen molar-refractivity contribution in [3.8, 4) is 0 Å². The zero-order valence-electron chi connectivity index (χ0n) is 21.0. The maximum absolute atomic E-state index is 5.12. The molecule has 0 spiro atoms. The third kappa shape index (κ3) is 6.20. The second-order valence-corrected chi connectivity index (χ2v) is 8.93. The third-order valence-corrected chi connectivity index (χ3v) is 6.17. The number of hydrogen-bond acceptors (Lipinski definition) is 3. The highest BCUT2D eigenvalue weighted by Gasteiger charge is 2.10. The van der Waals surface area contributed by atoms with Crippen molar-refractivity contribution in [3.63, 3.8) is 0 Å².